The zero-order chi connectivity index (χ0) is 22.6. The summed E-state index contributed by atoms with van der Waals surface area (Å²) >= 11 is 0. The summed E-state index contributed by atoms with van der Waals surface area (Å²) in [4.78, 5) is 7.41. The van der Waals surface area contributed by atoms with E-state index in [-0.39, 0.29) is 5.82 Å². The Balaban J connectivity index is 1.23. The van der Waals surface area contributed by atoms with E-state index in [1.807, 2.05) is 42.5 Å². The van der Waals surface area contributed by atoms with Crippen molar-refractivity contribution < 1.29 is 4.39 Å². The Morgan fingerprint density at radius 1 is 0.909 bits per heavy atom. The normalized spacial score (nSPS) is 15.2. The van der Waals surface area contributed by atoms with Crippen molar-refractivity contribution in [3.8, 4) is 0 Å². The van der Waals surface area contributed by atoms with Gasteiger partial charge in [-0.25, -0.2) is 9.37 Å². The van der Waals surface area contributed by atoms with E-state index in [2.05, 4.69) is 33.0 Å². The second kappa shape index (κ2) is 9.63. The largest absolute Gasteiger partial charge is 0.399 e. The van der Waals surface area contributed by atoms with E-state index in [1.54, 1.807) is 0 Å². The van der Waals surface area contributed by atoms with Gasteiger partial charge in [-0.15, -0.1) is 0 Å². The van der Waals surface area contributed by atoms with Gasteiger partial charge in [0.05, 0.1) is 17.6 Å². The number of piperidine rings is 1. The van der Waals surface area contributed by atoms with E-state index in [4.69, 9.17) is 10.7 Å². The fraction of sp³-hybridized carbons (Fsp3) is 0.296. The SMILES string of the molecule is Nc1ccc(CCN2CCC(Nc3nc4ccccc4n3Cc3ccc(F)cc3)CC2)cc1. The number of rotatable bonds is 7. The number of hydrogen-bond donors (Lipinski definition) is 2. The molecule has 1 saturated heterocycles. The topological polar surface area (TPSA) is 59.1 Å². The highest BCUT2D eigenvalue weighted by Gasteiger charge is 2.21. The molecular weight excluding hydrogens is 413 g/mol. The minimum Gasteiger partial charge on any atom is -0.399 e. The number of nitrogens with two attached hydrogens (primary N) is 1. The van der Waals surface area contributed by atoms with E-state index in [0.717, 1.165) is 67.1 Å². The zero-order valence-electron chi connectivity index (χ0n) is 18.8. The number of fused-ring (bicyclic) bond motifs is 1. The van der Waals surface area contributed by atoms with Crippen LogP contribution in [0.4, 0.5) is 16.0 Å². The van der Waals surface area contributed by atoms with Crippen molar-refractivity contribution in [1.82, 2.24) is 14.5 Å². The summed E-state index contributed by atoms with van der Waals surface area (Å²) in [5, 5.41) is 3.71. The summed E-state index contributed by atoms with van der Waals surface area (Å²) in [6.45, 7) is 3.87. The quantitative estimate of drug-likeness (QED) is 0.398. The molecule has 4 aromatic rings. The maximum Gasteiger partial charge on any atom is 0.204 e. The molecule has 0 aliphatic carbocycles. The second-order valence-corrected chi connectivity index (χ2v) is 8.89. The van der Waals surface area contributed by atoms with Crippen LogP contribution in [0, 0.1) is 5.82 Å². The Kier molecular flexibility index (Phi) is 6.26. The van der Waals surface area contributed by atoms with Crippen molar-refractivity contribution in [2.75, 3.05) is 30.7 Å². The highest BCUT2D eigenvalue weighted by atomic mass is 19.1. The molecule has 3 N–H and O–H groups in total. The molecule has 0 amide bonds. The maximum absolute atomic E-state index is 13.4. The number of imidazole rings is 1. The molecule has 2 heterocycles. The van der Waals surface area contributed by atoms with Crippen molar-refractivity contribution in [2.45, 2.75) is 31.8 Å². The number of nitrogens with one attached hydrogen (secondary N) is 1. The van der Waals surface area contributed by atoms with Crippen molar-refractivity contribution >= 4 is 22.7 Å². The van der Waals surface area contributed by atoms with Gasteiger partial charge in [0, 0.05) is 31.4 Å². The van der Waals surface area contributed by atoms with E-state index in [9.17, 15) is 4.39 Å². The molecule has 1 aliphatic rings. The van der Waals surface area contributed by atoms with Gasteiger partial charge >= 0.3 is 0 Å². The lowest BCUT2D eigenvalue weighted by Gasteiger charge is -2.32. The van der Waals surface area contributed by atoms with Gasteiger partial charge < -0.3 is 20.5 Å². The van der Waals surface area contributed by atoms with Crippen LogP contribution in [-0.2, 0) is 13.0 Å². The lowest BCUT2D eigenvalue weighted by Crippen LogP contribution is -2.40. The van der Waals surface area contributed by atoms with E-state index < -0.39 is 0 Å². The number of nitrogen functional groups attached to an aromatic ring is 1. The first-order valence-corrected chi connectivity index (χ1v) is 11.7. The molecule has 5 nitrogen and oxygen atoms in total. The van der Waals surface area contributed by atoms with E-state index in [1.165, 1.54) is 17.7 Å². The first kappa shape index (κ1) is 21.5. The Hall–Kier alpha value is -3.38. The highest BCUT2D eigenvalue weighted by Crippen LogP contribution is 2.24. The van der Waals surface area contributed by atoms with Gasteiger partial charge in [-0.3, -0.25) is 0 Å². The summed E-state index contributed by atoms with van der Waals surface area (Å²) in [6.07, 6.45) is 3.22. The smallest absolute Gasteiger partial charge is 0.204 e. The minimum atomic E-state index is -0.212. The predicted molar refractivity (Wildman–Crippen MR) is 133 cm³/mol. The molecule has 0 bridgehead atoms. The Labute approximate surface area is 194 Å². The van der Waals surface area contributed by atoms with Crippen molar-refractivity contribution in [3.05, 3.63) is 89.7 Å². The molecule has 0 unspecified atom stereocenters. The van der Waals surface area contributed by atoms with Gasteiger partial charge in [0.25, 0.3) is 0 Å². The van der Waals surface area contributed by atoms with Gasteiger partial charge in [-0.2, -0.15) is 0 Å². The van der Waals surface area contributed by atoms with E-state index >= 15 is 0 Å². The van der Waals surface area contributed by atoms with Crippen LogP contribution in [0.3, 0.4) is 0 Å². The van der Waals surface area contributed by atoms with Crippen LogP contribution in [-0.4, -0.2) is 40.1 Å². The van der Waals surface area contributed by atoms with Crippen molar-refractivity contribution in [3.63, 3.8) is 0 Å². The summed E-state index contributed by atoms with van der Waals surface area (Å²) in [5.41, 5.74) is 11.1. The number of anilines is 2. The van der Waals surface area contributed by atoms with Crippen molar-refractivity contribution in [2.24, 2.45) is 0 Å². The van der Waals surface area contributed by atoms with Crippen LogP contribution in [0.2, 0.25) is 0 Å². The minimum absolute atomic E-state index is 0.212. The molecule has 1 aliphatic heterocycles. The number of nitrogens with zero attached hydrogens (tertiary/aromatic N) is 3. The molecule has 0 spiro atoms. The van der Waals surface area contributed by atoms with Gasteiger partial charge in [0.15, 0.2) is 0 Å². The first-order valence-electron chi connectivity index (χ1n) is 11.7. The average Bonchev–Trinajstić information content (AvgIpc) is 3.18. The molecule has 1 fully saturated rings. The molecule has 5 rings (SSSR count). The molecule has 1 aromatic heterocycles. The third-order valence-electron chi connectivity index (χ3n) is 6.53. The zero-order valence-corrected chi connectivity index (χ0v) is 18.8. The number of aromatic nitrogens is 2. The fourth-order valence-electron chi connectivity index (χ4n) is 4.57. The van der Waals surface area contributed by atoms with Crippen molar-refractivity contribution in [1.29, 1.82) is 0 Å². The van der Waals surface area contributed by atoms with Gasteiger partial charge in [0.2, 0.25) is 5.95 Å². The molecular formula is C27H30FN5. The molecule has 0 radical (unpaired) electrons. The number of hydrogen-bond acceptors (Lipinski definition) is 4. The van der Waals surface area contributed by atoms with Crippen LogP contribution in [0.1, 0.15) is 24.0 Å². The lowest BCUT2D eigenvalue weighted by molar-refractivity contribution is 0.221. The number of benzene rings is 3. The second-order valence-electron chi connectivity index (χ2n) is 8.89. The number of likely N-dealkylation sites (tertiary alicyclic amines) is 1. The van der Waals surface area contributed by atoms with E-state index in [0.29, 0.717) is 12.6 Å². The van der Waals surface area contributed by atoms with Crippen LogP contribution in [0.15, 0.2) is 72.8 Å². The third kappa shape index (κ3) is 5.17. The van der Waals surface area contributed by atoms with Gasteiger partial charge in [-0.05, 0) is 66.8 Å². The fourth-order valence-corrected chi connectivity index (χ4v) is 4.57. The maximum atomic E-state index is 13.4. The van der Waals surface area contributed by atoms with Crippen LogP contribution in [0.25, 0.3) is 11.0 Å². The Morgan fingerprint density at radius 3 is 2.36 bits per heavy atom. The molecule has 0 saturated carbocycles. The summed E-state index contributed by atoms with van der Waals surface area (Å²) < 4.78 is 15.6. The Morgan fingerprint density at radius 2 is 1.61 bits per heavy atom. The number of para-hydroxylation sites is 2. The summed E-state index contributed by atoms with van der Waals surface area (Å²) in [7, 11) is 0. The molecule has 0 atom stereocenters. The van der Waals surface area contributed by atoms with Gasteiger partial charge in [-0.1, -0.05) is 36.4 Å². The molecule has 6 heteroatoms. The molecule has 33 heavy (non-hydrogen) atoms. The highest BCUT2D eigenvalue weighted by molar-refractivity contribution is 5.78. The first-order chi connectivity index (χ1) is 16.1. The Bertz CT molecular complexity index is 1190. The molecule has 170 valence electrons. The van der Waals surface area contributed by atoms with Gasteiger partial charge in [0.1, 0.15) is 5.82 Å². The number of halogens is 1. The lowest BCUT2D eigenvalue weighted by atomic mass is 10.0. The van der Waals surface area contributed by atoms with Crippen LogP contribution < -0.4 is 11.1 Å². The predicted octanol–water partition coefficient (Wildman–Crippen LogP) is 4.92. The van der Waals surface area contributed by atoms with Crippen LogP contribution >= 0.6 is 0 Å². The van der Waals surface area contributed by atoms with Crippen LogP contribution in [0.5, 0.6) is 0 Å². The molecule has 3 aromatic carbocycles. The monoisotopic (exact) mass is 443 g/mol. The summed E-state index contributed by atoms with van der Waals surface area (Å²) in [5.74, 6) is 0.677. The standard InChI is InChI=1S/C27H30FN5/c28-22-9-5-21(6-10-22)19-33-26-4-2-1-3-25(26)31-27(33)30-24-14-17-32(18-15-24)16-13-20-7-11-23(29)12-8-20/h1-12,24H,13-19,29H2,(H,30,31). The summed E-state index contributed by atoms with van der Waals surface area (Å²) in [6, 6.07) is 23.5. The third-order valence-corrected chi connectivity index (χ3v) is 6.53. The average molecular weight is 444 g/mol.